The Balaban J connectivity index is 1.93. The van der Waals surface area contributed by atoms with Crippen LogP contribution < -0.4 is 27.0 Å². The summed E-state index contributed by atoms with van der Waals surface area (Å²) in [6.07, 6.45) is 3.89. The smallest absolute Gasteiger partial charge is 0.256 e. The van der Waals surface area contributed by atoms with Gasteiger partial charge in [0.05, 0.1) is 0 Å². The summed E-state index contributed by atoms with van der Waals surface area (Å²) in [6.45, 7) is 8.28. The fraction of sp³-hybridized carbons (Fsp3) is 0.360. The van der Waals surface area contributed by atoms with Crippen molar-refractivity contribution in [1.82, 2.24) is 25.5 Å². The van der Waals surface area contributed by atoms with E-state index in [1.165, 1.54) is 18.1 Å². The van der Waals surface area contributed by atoms with Gasteiger partial charge in [0, 0.05) is 44.1 Å². The molecule has 1 heterocycles. The van der Waals surface area contributed by atoms with E-state index in [0.717, 1.165) is 12.5 Å². The average Bonchev–Trinajstić information content (AvgIpc) is 2.90. The van der Waals surface area contributed by atoms with Crippen molar-refractivity contribution in [3.05, 3.63) is 54.2 Å². The van der Waals surface area contributed by atoms with Gasteiger partial charge in [-0.15, -0.1) is 0 Å². The lowest BCUT2D eigenvalue weighted by molar-refractivity contribution is -0.135. The first-order valence-electron chi connectivity index (χ1n) is 11.9. The predicted molar refractivity (Wildman–Crippen MR) is 141 cm³/mol. The number of rotatable bonds is 14. The number of amides is 4. The molecule has 2 rings (SSSR count). The Bertz CT molecular complexity index is 1120. The number of anilines is 3. The van der Waals surface area contributed by atoms with Crippen LogP contribution in [0.25, 0.3) is 0 Å². The number of nitrogens with zero attached hydrogens (tertiary/aromatic N) is 3. The fourth-order valence-corrected chi connectivity index (χ4v) is 3.09. The molecule has 12 heteroatoms. The first-order chi connectivity index (χ1) is 17.7. The quantitative estimate of drug-likeness (QED) is 0.187. The van der Waals surface area contributed by atoms with Crippen LogP contribution in [0.2, 0.25) is 0 Å². The Hall–Kier alpha value is -4.48. The standard InChI is InChI=1S/C25H34N8O4/c1-5-12-27-22-19(15-30-25(32-22)31-18-10-8-17(9-11-18)21(26)35)24(37)29-14-7-13-28-23(36)16(3)33(4)20(34)6-2/h6,8-11,15-16H,2,5,7,12-14H2,1,3-4H3,(H2,26,35)(H,28,36)(H,29,37)(H2,27,30,31,32)/t16-/m0/s1. The number of aromatic nitrogens is 2. The van der Waals surface area contributed by atoms with Gasteiger partial charge in [0.25, 0.3) is 5.91 Å². The third-order valence-electron chi connectivity index (χ3n) is 5.42. The summed E-state index contributed by atoms with van der Waals surface area (Å²) < 4.78 is 0. The molecule has 0 aliphatic carbocycles. The molecule has 0 unspecified atom stereocenters. The molecule has 0 saturated carbocycles. The molecule has 0 radical (unpaired) electrons. The second-order valence-corrected chi connectivity index (χ2v) is 8.18. The van der Waals surface area contributed by atoms with E-state index in [2.05, 4.69) is 37.8 Å². The Kier molecular flexibility index (Phi) is 11.0. The van der Waals surface area contributed by atoms with Gasteiger partial charge in [0.15, 0.2) is 0 Å². The fourth-order valence-electron chi connectivity index (χ4n) is 3.09. The second-order valence-electron chi connectivity index (χ2n) is 8.18. The lowest BCUT2D eigenvalue weighted by Gasteiger charge is -2.22. The van der Waals surface area contributed by atoms with Crippen LogP contribution in [0.15, 0.2) is 43.1 Å². The van der Waals surface area contributed by atoms with Gasteiger partial charge in [-0.2, -0.15) is 4.98 Å². The van der Waals surface area contributed by atoms with E-state index in [9.17, 15) is 19.2 Å². The Labute approximate surface area is 216 Å². The van der Waals surface area contributed by atoms with Crippen LogP contribution in [0.4, 0.5) is 17.5 Å². The molecule has 0 aliphatic heterocycles. The topological polar surface area (TPSA) is 171 Å². The van der Waals surface area contributed by atoms with Crippen LogP contribution in [0.1, 0.15) is 47.4 Å². The molecule has 0 aliphatic rings. The summed E-state index contributed by atoms with van der Waals surface area (Å²) in [4.78, 5) is 57.8. The van der Waals surface area contributed by atoms with Gasteiger partial charge >= 0.3 is 0 Å². The number of likely N-dealkylation sites (N-methyl/N-ethyl adjacent to an activating group) is 1. The van der Waals surface area contributed by atoms with E-state index in [1.54, 1.807) is 31.2 Å². The highest BCUT2D eigenvalue weighted by Gasteiger charge is 2.20. The number of primary amides is 1. The maximum Gasteiger partial charge on any atom is 0.256 e. The molecular weight excluding hydrogens is 476 g/mol. The van der Waals surface area contributed by atoms with Crippen molar-refractivity contribution in [2.24, 2.45) is 5.73 Å². The number of carbonyl (C=O) groups is 4. The molecule has 0 bridgehead atoms. The highest BCUT2D eigenvalue weighted by atomic mass is 16.2. The number of hydrogen-bond acceptors (Lipinski definition) is 8. The van der Waals surface area contributed by atoms with Gasteiger partial charge in [-0.25, -0.2) is 4.98 Å². The average molecular weight is 511 g/mol. The molecular formula is C25H34N8O4. The molecule has 1 aromatic carbocycles. The van der Waals surface area contributed by atoms with Crippen LogP contribution in [0.3, 0.4) is 0 Å². The van der Waals surface area contributed by atoms with Crippen LogP contribution >= 0.6 is 0 Å². The summed E-state index contributed by atoms with van der Waals surface area (Å²) in [5, 5.41) is 11.7. The van der Waals surface area contributed by atoms with Crippen molar-refractivity contribution in [1.29, 1.82) is 0 Å². The van der Waals surface area contributed by atoms with E-state index in [4.69, 9.17) is 5.73 Å². The Morgan fingerprint density at radius 2 is 1.78 bits per heavy atom. The molecule has 1 aromatic heterocycles. The predicted octanol–water partition coefficient (Wildman–Crippen LogP) is 1.41. The van der Waals surface area contributed by atoms with Crippen LogP contribution in [0.5, 0.6) is 0 Å². The number of hydrogen-bond donors (Lipinski definition) is 5. The number of nitrogens with two attached hydrogens (primary N) is 1. The van der Waals surface area contributed by atoms with Gasteiger partial charge in [0.1, 0.15) is 17.4 Å². The minimum Gasteiger partial charge on any atom is -0.369 e. The molecule has 1 atom stereocenters. The molecule has 0 fully saturated rings. The molecule has 12 nitrogen and oxygen atoms in total. The van der Waals surface area contributed by atoms with E-state index in [-0.39, 0.29) is 29.2 Å². The monoisotopic (exact) mass is 510 g/mol. The zero-order chi connectivity index (χ0) is 27.4. The third kappa shape index (κ3) is 8.60. The lowest BCUT2D eigenvalue weighted by atomic mass is 10.2. The summed E-state index contributed by atoms with van der Waals surface area (Å²) in [6, 6.07) is 5.89. The third-order valence-corrected chi connectivity index (χ3v) is 5.42. The van der Waals surface area contributed by atoms with Gasteiger partial charge in [-0.3, -0.25) is 19.2 Å². The van der Waals surface area contributed by atoms with Crippen LogP contribution in [0, 0.1) is 0 Å². The first-order valence-corrected chi connectivity index (χ1v) is 11.9. The zero-order valence-corrected chi connectivity index (χ0v) is 21.3. The number of carbonyl (C=O) groups excluding carboxylic acids is 4. The first kappa shape index (κ1) is 28.8. The minimum absolute atomic E-state index is 0.277. The summed E-state index contributed by atoms with van der Waals surface area (Å²) in [5.41, 5.74) is 6.58. The van der Waals surface area contributed by atoms with Gasteiger partial charge in [-0.05, 0) is 50.1 Å². The van der Waals surface area contributed by atoms with Gasteiger partial charge in [0.2, 0.25) is 23.7 Å². The van der Waals surface area contributed by atoms with Crippen molar-refractivity contribution in [3.63, 3.8) is 0 Å². The van der Waals surface area contributed by atoms with E-state index < -0.39 is 11.9 Å². The van der Waals surface area contributed by atoms with Crippen molar-refractivity contribution in [3.8, 4) is 0 Å². The summed E-state index contributed by atoms with van der Waals surface area (Å²) in [5.74, 6) is -0.857. The normalized spacial score (nSPS) is 11.1. The van der Waals surface area contributed by atoms with Crippen molar-refractivity contribution in [2.45, 2.75) is 32.7 Å². The lowest BCUT2D eigenvalue weighted by Crippen LogP contribution is -2.45. The zero-order valence-electron chi connectivity index (χ0n) is 21.3. The molecule has 37 heavy (non-hydrogen) atoms. The highest BCUT2D eigenvalue weighted by Crippen LogP contribution is 2.18. The number of benzene rings is 1. The molecule has 4 amide bonds. The minimum atomic E-state index is -0.641. The highest BCUT2D eigenvalue weighted by molar-refractivity contribution is 5.98. The van der Waals surface area contributed by atoms with Crippen molar-refractivity contribution >= 4 is 41.1 Å². The second kappa shape index (κ2) is 14.2. The largest absolute Gasteiger partial charge is 0.369 e. The van der Waals surface area contributed by atoms with Crippen LogP contribution in [-0.4, -0.2) is 71.2 Å². The Morgan fingerprint density at radius 1 is 1.11 bits per heavy atom. The van der Waals surface area contributed by atoms with Crippen molar-refractivity contribution < 1.29 is 19.2 Å². The van der Waals surface area contributed by atoms with E-state index in [1.807, 2.05) is 6.92 Å². The summed E-state index contributed by atoms with van der Waals surface area (Å²) >= 11 is 0. The molecule has 0 spiro atoms. The van der Waals surface area contributed by atoms with Gasteiger partial charge in [-0.1, -0.05) is 13.5 Å². The van der Waals surface area contributed by atoms with Gasteiger partial charge < -0.3 is 31.9 Å². The van der Waals surface area contributed by atoms with E-state index >= 15 is 0 Å². The SMILES string of the molecule is C=CC(=O)N(C)[C@@H](C)C(=O)NCCCNC(=O)c1cnc(Nc2ccc(C(N)=O)cc2)nc1NCCC. The molecule has 0 saturated heterocycles. The molecule has 6 N–H and O–H groups in total. The number of nitrogens with one attached hydrogen (secondary N) is 4. The maximum absolute atomic E-state index is 12.8. The Morgan fingerprint density at radius 3 is 2.41 bits per heavy atom. The molecule has 2 aromatic rings. The van der Waals surface area contributed by atoms with E-state index in [0.29, 0.717) is 43.1 Å². The molecule has 198 valence electrons. The maximum atomic E-state index is 12.8. The summed E-state index contributed by atoms with van der Waals surface area (Å²) in [7, 11) is 1.53. The van der Waals surface area contributed by atoms with Crippen LogP contribution in [-0.2, 0) is 9.59 Å². The van der Waals surface area contributed by atoms with Crippen molar-refractivity contribution in [2.75, 3.05) is 37.3 Å².